The Hall–Kier alpha value is -2.26. The van der Waals surface area contributed by atoms with E-state index in [1.807, 2.05) is 6.92 Å². The van der Waals surface area contributed by atoms with E-state index in [1.54, 1.807) is 16.9 Å². The van der Waals surface area contributed by atoms with Crippen LogP contribution in [0.4, 0.5) is 10.2 Å². The molecule has 1 aromatic carbocycles. The maximum Gasteiger partial charge on any atom is 0.243 e. The molecule has 1 saturated heterocycles. The highest BCUT2D eigenvalue weighted by atomic mass is 32.2. The van der Waals surface area contributed by atoms with Gasteiger partial charge in [0.05, 0.1) is 11.1 Å². The largest absolute Gasteiger partial charge is 0.310 e. The van der Waals surface area contributed by atoms with Gasteiger partial charge >= 0.3 is 0 Å². The topological polar surface area (TPSA) is 84.3 Å². The Morgan fingerprint density at radius 1 is 1.31 bits per heavy atom. The van der Waals surface area contributed by atoms with E-state index in [1.165, 1.54) is 16.4 Å². The summed E-state index contributed by atoms with van der Waals surface area (Å²) >= 11 is 0. The first-order valence-corrected chi connectivity index (χ1v) is 9.97. The quantitative estimate of drug-likeness (QED) is 0.833. The van der Waals surface area contributed by atoms with Gasteiger partial charge in [-0.1, -0.05) is 6.92 Å². The number of nitrogens with zero attached hydrogens (tertiary/aromatic N) is 3. The van der Waals surface area contributed by atoms with E-state index in [0.717, 1.165) is 18.6 Å². The Kier molecular flexibility index (Phi) is 5.38. The number of rotatable bonds is 6. The third-order valence-electron chi connectivity index (χ3n) is 4.33. The first-order valence-electron chi connectivity index (χ1n) is 8.53. The molecule has 1 N–H and O–H groups in total. The van der Waals surface area contributed by atoms with Gasteiger partial charge in [-0.2, -0.15) is 9.40 Å². The summed E-state index contributed by atoms with van der Waals surface area (Å²) in [6.07, 6.45) is 3.48. The van der Waals surface area contributed by atoms with E-state index in [9.17, 15) is 17.6 Å². The zero-order valence-corrected chi connectivity index (χ0v) is 15.2. The molecule has 1 atom stereocenters. The number of carbonyl (C=O) groups is 1. The molecule has 0 aliphatic carbocycles. The predicted molar refractivity (Wildman–Crippen MR) is 94.5 cm³/mol. The Morgan fingerprint density at radius 2 is 2.04 bits per heavy atom. The maximum absolute atomic E-state index is 13.1. The van der Waals surface area contributed by atoms with Crippen molar-refractivity contribution in [3.8, 4) is 0 Å². The molecule has 2 heterocycles. The monoisotopic (exact) mass is 380 g/mol. The summed E-state index contributed by atoms with van der Waals surface area (Å²) in [4.78, 5) is 12.7. The van der Waals surface area contributed by atoms with Gasteiger partial charge in [-0.25, -0.2) is 17.5 Å². The number of carbonyl (C=O) groups excluding carboxylic acids is 1. The van der Waals surface area contributed by atoms with E-state index < -0.39 is 21.9 Å². The third kappa shape index (κ3) is 3.63. The van der Waals surface area contributed by atoms with Crippen molar-refractivity contribution in [2.24, 2.45) is 0 Å². The summed E-state index contributed by atoms with van der Waals surface area (Å²) < 4.78 is 41.6. The van der Waals surface area contributed by atoms with Crippen molar-refractivity contribution in [2.75, 3.05) is 11.9 Å². The van der Waals surface area contributed by atoms with Gasteiger partial charge in [0, 0.05) is 19.2 Å². The van der Waals surface area contributed by atoms with Crippen LogP contribution in [0.5, 0.6) is 0 Å². The second kappa shape index (κ2) is 7.55. The van der Waals surface area contributed by atoms with Gasteiger partial charge in [0.2, 0.25) is 15.9 Å². The van der Waals surface area contributed by atoms with Crippen LogP contribution in [0.2, 0.25) is 0 Å². The fraction of sp³-hybridized carbons (Fsp3) is 0.412. The average molecular weight is 380 g/mol. The summed E-state index contributed by atoms with van der Waals surface area (Å²) in [6.45, 7) is 2.91. The van der Waals surface area contributed by atoms with Crippen LogP contribution >= 0.6 is 0 Å². The molecule has 7 nitrogen and oxygen atoms in total. The summed E-state index contributed by atoms with van der Waals surface area (Å²) in [5.41, 5.74) is 0. The van der Waals surface area contributed by atoms with Crippen molar-refractivity contribution in [3.63, 3.8) is 0 Å². The van der Waals surface area contributed by atoms with E-state index in [-0.39, 0.29) is 17.3 Å². The van der Waals surface area contributed by atoms with Crippen molar-refractivity contribution in [1.29, 1.82) is 0 Å². The van der Waals surface area contributed by atoms with Crippen LogP contribution in [0.1, 0.15) is 26.2 Å². The second-order valence-electron chi connectivity index (χ2n) is 6.16. The number of anilines is 1. The molecule has 140 valence electrons. The molecule has 3 rings (SSSR count). The Balaban J connectivity index is 1.80. The third-order valence-corrected chi connectivity index (χ3v) is 6.25. The molecule has 1 fully saturated rings. The van der Waals surface area contributed by atoms with Crippen molar-refractivity contribution in [2.45, 2.75) is 43.7 Å². The summed E-state index contributed by atoms with van der Waals surface area (Å²) in [7, 11) is -3.87. The van der Waals surface area contributed by atoms with Gasteiger partial charge in [-0.15, -0.1) is 0 Å². The van der Waals surface area contributed by atoms with Crippen molar-refractivity contribution >= 4 is 21.7 Å². The molecule has 0 radical (unpaired) electrons. The maximum atomic E-state index is 13.1. The standard InChI is InChI=1S/C17H21FN4O3S/c1-2-11-21-16(9-10-19-21)20-17(23)15-4-3-12-22(15)26(24,25)14-7-5-13(18)6-8-14/h5-10,15H,2-4,11-12H2,1H3,(H,20,23). The molecule has 0 saturated carbocycles. The molecule has 1 aliphatic rings. The minimum absolute atomic E-state index is 0.0189. The fourth-order valence-corrected chi connectivity index (χ4v) is 4.73. The van der Waals surface area contributed by atoms with Gasteiger partial charge < -0.3 is 5.32 Å². The van der Waals surface area contributed by atoms with Crippen molar-refractivity contribution in [1.82, 2.24) is 14.1 Å². The minimum atomic E-state index is -3.87. The lowest BCUT2D eigenvalue weighted by Gasteiger charge is -2.23. The molecule has 1 aromatic heterocycles. The molecule has 1 amide bonds. The molecule has 0 bridgehead atoms. The summed E-state index contributed by atoms with van der Waals surface area (Å²) in [5.74, 6) is -0.349. The lowest BCUT2D eigenvalue weighted by molar-refractivity contribution is -0.119. The number of aryl methyl sites for hydroxylation is 1. The lowest BCUT2D eigenvalue weighted by atomic mass is 10.2. The van der Waals surface area contributed by atoms with Gasteiger partial charge in [-0.3, -0.25) is 4.79 Å². The van der Waals surface area contributed by atoms with E-state index in [2.05, 4.69) is 10.4 Å². The predicted octanol–water partition coefficient (Wildman–Crippen LogP) is 2.22. The van der Waals surface area contributed by atoms with E-state index >= 15 is 0 Å². The molecule has 1 unspecified atom stereocenters. The minimum Gasteiger partial charge on any atom is -0.310 e. The molecular formula is C17H21FN4O3S. The second-order valence-corrected chi connectivity index (χ2v) is 8.05. The number of aromatic nitrogens is 2. The molecule has 9 heteroatoms. The Bertz CT molecular complexity index is 880. The molecule has 26 heavy (non-hydrogen) atoms. The zero-order chi connectivity index (χ0) is 18.7. The zero-order valence-electron chi connectivity index (χ0n) is 14.4. The number of sulfonamides is 1. The Labute approximate surface area is 151 Å². The van der Waals surface area contributed by atoms with Gasteiger partial charge in [0.25, 0.3) is 0 Å². The highest BCUT2D eigenvalue weighted by molar-refractivity contribution is 7.89. The highest BCUT2D eigenvalue weighted by Crippen LogP contribution is 2.27. The Morgan fingerprint density at radius 3 is 2.73 bits per heavy atom. The number of amides is 1. The first-order chi connectivity index (χ1) is 12.4. The van der Waals surface area contributed by atoms with Gasteiger partial charge in [0.1, 0.15) is 17.7 Å². The van der Waals surface area contributed by atoms with Gasteiger partial charge in [0.15, 0.2) is 0 Å². The molecule has 1 aliphatic heterocycles. The van der Waals surface area contributed by atoms with Crippen molar-refractivity contribution < 1.29 is 17.6 Å². The summed E-state index contributed by atoms with van der Waals surface area (Å²) in [5, 5.41) is 6.92. The SMILES string of the molecule is CCCn1nccc1NC(=O)C1CCCN1S(=O)(=O)c1ccc(F)cc1. The van der Waals surface area contributed by atoms with Crippen molar-refractivity contribution in [3.05, 3.63) is 42.3 Å². The number of benzene rings is 1. The van der Waals surface area contributed by atoms with E-state index in [4.69, 9.17) is 0 Å². The first kappa shape index (κ1) is 18.5. The normalized spacial score (nSPS) is 18.2. The summed E-state index contributed by atoms with van der Waals surface area (Å²) in [6, 6.07) is 5.52. The van der Waals surface area contributed by atoms with Crippen LogP contribution in [0.15, 0.2) is 41.4 Å². The number of hydrogen-bond acceptors (Lipinski definition) is 4. The number of nitrogens with one attached hydrogen (secondary N) is 1. The average Bonchev–Trinajstić information content (AvgIpc) is 3.26. The van der Waals surface area contributed by atoms with Crippen LogP contribution < -0.4 is 5.32 Å². The number of hydrogen-bond donors (Lipinski definition) is 1. The van der Waals surface area contributed by atoms with Crippen LogP contribution in [0.3, 0.4) is 0 Å². The molecule has 0 spiro atoms. The van der Waals surface area contributed by atoms with Crippen LogP contribution in [0, 0.1) is 5.82 Å². The number of halogens is 1. The lowest BCUT2D eigenvalue weighted by Crippen LogP contribution is -2.43. The van der Waals surface area contributed by atoms with Crippen LogP contribution in [-0.2, 0) is 21.4 Å². The smallest absolute Gasteiger partial charge is 0.243 e. The van der Waals surface area contributed by atoms with Crippen LogP contribution in [0.25, 0.3) is 0 Å². The van der Waals surface area contributed by atoms with E-state index in [0.29, 0.717) is 25.2 Å². The van der Waals surface area contributed by atoms with Crippen LogP contribution in [-0.4, -0.2) is 41.0 Å². The highest BCUT2D eigenvalue weighted by Gasteiger charge is 2.39. The fourth-order valence-electron chi connectivity index (χ4n) is 3.07. The molecule has 2 aromatic rings. The van der Waals surface area contributed by atoms with Gasteiger partial charge in [-0.05, 0) is 43.5 Å². The molecular weight excluding hydrogens is 359 g/mol.